The molecule has 0 fully saturated rings. The molecule has 32 heavy (non-hydrogen) atoms. The van der Waals surface area contributed by atoms with Crippen LogP contribution in [0.3, 0.4) is 0 Å². The molecule has 11 heteroatoms. The quantitative estimate of drug-likeness (QED) is 0.343. The fourth-order valence-electron chi connectivity index (χ4n) is 2.67. The van der Waals surface area contributed by atoms with E-state index < -0.39 is 39.9 Å². The van der Waals surface area contributed by atoms with Gasteiger partial charge in [-0.25, -0.2) is 26.6 Å². The normalized spacial score (nSPS) is 11.5. The molecule has 2 rings (SSSR count). The van der Waals surface area contributed by atoms with E-state index in [1.807, 2.05) is 6.92 Å². The van der Waals surface area contributed by atoms with Crippen LogP contribution in [-0.2, 0) is 28.0 Å². The second-order valence-corrected chi connectivity index (χ2v) is 8.76. The number of rotatable bonds is 11. The van der Waals surface area contributed by atoms with Crippen molar-refractivity contribution in [2.75, 3.05) is 22.8 Å². The van der Waals surface area contributed by atoms with Gasteiger partial charge in [-0.2, -0.15) is 0 Å². The summed E-state index contributed by atoms with van der Waals surface area (Å²) in [5.41, 5.74) is 0.177. The number of nitrogens with one attached hydrogen (secondary N) is 3. The van der Waals surface area contributed by atoms with Crippen molar-refractivity contribution in [3.8, 4) is 0 Å². The van der Waals surface area contributed by atoms with Gasteiger partial charge in [0.25, 0.3) is 0 Å². The van der Waals surface area contributed by atoms with Crippen LogP contribution in [0.5, 0.6) is 0 Å². The van der Waals surface area contributed by atoms with Crippen LogP contribution in [0.15, 0.2) is 30.3 Å². The molecule has 0 spiro atoms. The third-order valence-electron chi connectivity index (χ3n) is 4.21. The summed E-state index contributed by atoms with van der Waals surface area (Å²) < 4.78 is 65.1. The average molecular weight is 471 g/mol. The van der Waals surface area contributed by atoms with E-state index in [2.05, 4.69) is 15.6 Å². The summed E-state index contributed by atoms with van der Waals surface area (Å²) in [5.74, 6) is -2.27. The molecule has 0 unspecified atom stereocenters. The Hall–Kier alpha value is -3.08. The molecule has 0 atom stereocenters. The van der Waals surface area contributed by atoms with Gasteiger partial charge in [0.15, 0.2) is 11.6 Å². The van der Waals surface area contributed by atoms with E-state index in [0.717, 1.165) is 31.2 Å². The molecule has 7 nitrogen and oxygen atoms in total. The third-order valence-corrected chi connectivity index (χ3v) is 4.79. The van der Waals surface area contributed by atoms with Crippen LogP contribution in [0.25, 0.3) is 6.08 Å². The zero-order valence-corrected chi connectivity index (χ0v) is 18.5. The van der Waals surface area contributed by atoms with Crippen LogP contribution in [0.1, 0.15) is 36.6 Å². The number of hydrogen-bond donors (Lipinski definition) is 3. The minimum atomic E-state index is -3.85. The van der Waals surface area contributed by atoms with Crippen LogP contribution >= 0.6 is 0 Å². The Balaban J connectivity index is 2.05. The molecule has 1 amide bonds. The number of nitrogens with zero attached hydrogens (tertiary/aromatic N) is 1. The SMILES string of the molecule is CCCCNc1nc(CF)ccc1/C=C/C(=O)NCc1cc(F)c(NS(C)(=O)=O)c(F)c1. The van der Waals surface area contributed by atoms with Crippen molar-refractivity contribution < 1.29 is 26.4 Å². The number of unbranched alkanes of at least 4 members (excludes halogenated alkanes) is 1. The minimum absolute atomic E-state index is 0.108. The zero-order valence-electron chi connectivity index (χ0n) is 17.7. The Bertz CT molecular complexity index is 1070. The van der Waals surface area contributed by atoms with E-state index in [1.54, 1.807) is 10.8 Å². The topological polar surface area (TPSA) is 100 Å². The molecule has 2 aromatic rings. The van der Waals surface area contributed by atoms with Gasteiger partial charge in [0, 0.05) is 24.7 Å². The number of pyridine rings is 1. The maximum Gasteiger partial charge on any atom is 0.244 e. The molecule has 1 heterocycles. The minimum Gasteiger partial charge on any atom is -0.370 e. The fourth-order valence-corrected chi connectivity index (χ4v) is 3.23. The summed E-state index contributed by atoms with van der Waals surface area (Å²) in [4.78, 5) is 16.3. The van der Waals surface area contributed by atoms with Crippen molar-refractivity contribution in [1.82, 2.24) is 10.3 Å². The molecule has 1 aromatic heterocycles. The van der Waals surface area contributed by atoms with E-state index in [-0.39, 0.29) is 17.8 Å². The lowest BCUT2D eigenvalue weighted by atomic mass is 10.2. The predicted molar refractivity (Wildman–Crippen MR) is 118 cm³/mol. The highest BCUT2D eigenvalue weighted by atomic mass is 32.2. The highest BCUT2D eigenvalue weighted by Crippen LogP contribution is 2.22. The molecular weight excluding hydrogens is 445 g/mol. The summed E-state index contributed by atoms with van der Waals surface area (Å²) >= 11 is 0. The number of amides is 1. The van der Waals surface area contributed by atoms with Crippen molar-refractivity contribution in [3.63, 3.8) is 0 Å². The van der Waals surface area contributed by atoms with Gasteiger partial charge in [-0.05, 0) is 42.3 Å². The van der Waals surface area contributed by atoms with Crippen LogP contribution in [0, 0.1) is 11.6 Å². The summed E-state index contributed by atoms with van der Waals surface area (Å²) in [6, 6.07) is 5.00. The molecular formula is C21H25F3N4O3S. The van der Waals surface area contributed by atoms with Crippen LogP contribution < -0.4 is 15.4 Å². The Morgan fingerprint density at radius 1 is 1.19 bits per heavy atom. The van der Waals surface area contributed by atoms with Gasteiger partial charge in [-0.15, -0.1) is 0 Å². The zero-order chi connectivity index (χ0) is 23.7. The first-order valence-electron chi connectivity index (χ1n) is 9.84. The summed E-state index contributed by atoms with van der Waals surface area (Å²) in [5, 5.41) is 5.60. The van der Waals surface area contributed by atoms with E-state index in [9.17, 15) is 26.4 Å². The van der Waals surface area contributed by atoms with Gasteiger partial charge in [-0.3, -0.25) is 9.52 Å². The number of sulfonamides is 1. The Kier molecular flexibility index (Phi) is 9.06. The number of carbonyl (C=O) groups excluding carboxylic acids is 1. The van der Waals surface area contributed by atoms with Crippen LogP contribution in [-0.4, -0.2) is 32.1 Å². The molecule has 3 N–H and O–H groups in total. The van der Waals surface area contributed by atoms with Gasteiger partial charge >= 0.3 is 0 Å². The average Bonchev–Trinajstić information content (AvgIpc) is 2.73. The first kappa shape index (κ1) is 25.2. The highest BCUT2D eigenvalue weighted by molar-refractivity contribution is 7.92. The van der Waals surface area contributed by atoms with Crippen molar-refractivity contribution >= 4 is 33.5 Å². The number of alkyl halides is 1. The number of anilines is 2. The standard InChI is InChI=1S/C21H25F3N4O3S/c1-3-4-9-25-21-15(5-7-16(12-22)27-21)6-8-19(29)26-13-14-10-17(23)20(18(24)11-14)28-32(2,30)31/h5-8,10-11,28H,3-4,9,12-13H2,1-2H3,(H,25,27)(H,26,29)/b8-6+. The first-order chi connectivity index (χ1) is 15.1. The van der Waals surface area contributed by atoms with Gasteiger partial charge in [0.2, 0.25) is 15.9 Å². The van der Waals surface area contributed by atoms with E-state index in [0.29, 0.717) is 17.9 Å². The van der Waals surface area contributed by atoms with E-state index in [1.165, 1.54) is 18.2 Å². The smallest absolute Gasteiger partial charge is 0.244 e. The first-order valence-corrected chi connectivity index (χ1v) is 11.7. The maximum atomic E-state index is 14.0. The maximum absolute atomic E-state index is 14.0. The number of aromatic nitrogens is 1. The highest BCUT2D eigenvalue weighted by Gasteiger charge is 2.15. The molecule has 0 aliphatic rings. The Morgan fingerprint density at radius 2 is 1.88 bits per heavy atom. The van der Waals surface area contributed by atoms with Gasteiger partial charge in [0.05, 0.1) is 11.9 Å². The largest absolute Gasteiger partial charge is 0.370 e. The van der Waals surface area contributed by atoms with E-state index >= 15 is 0 Å². The lowest BCUT2D eigenvalue weighted by molar-refractivity contribution is -0.116. The summed E-state index contributed by atoms with van der Waals surface area (Å²) in [6.07, 6.45) is 5.37. The molecule has 0 radical (unpaired) electrons. The molecule has 0 aliphatic heterocycles. The van der Waals surface area contributed by atoms with Crippen LogP contribution in [0.4, 0.5) is 24.7 Å². The third kappa shape index (κ3) is 7.88. The molecule has 0 bridgehead atoms. The van der Waals surface area contributed by atoms with Gasteiger partial charge in [0.1, 0.15) is 18.2 Å². The second kappa shape index (κ2) is 11.5. The van der Waals surface area contributed by atoms with Crippen molar-refractivity contribution in [2.45, 2.75) is 33.0 Å². The second-order valence-electron chi connectivity index (χ2n) is 7.01. The summed E-state index contributed by atoms with van der Waals surface area (Å²) in [7, 11) is -3.85. The lowest BCUT2D eigenvalue weighted by Gasteiger charge is -2.10. The Morgan fingerprint density at radius 3 is 2.47 bits per heavy atom. The molecule has 0 saturated heterocycles. The molecule has 0 saturated carbocycles. The van der Waals surface area contributed by atoms with Crippen molar-refractivity contribution in [1.29, 1.82) is 0 Å². The molecule has 174 valence electrons. The lowest BCUT2D eigenvalue weighted by Crippen LogP contribution is -2.21. The molecule has 1 aromatic carbocycles. The number of hydrogen-bond acceptors (Lipinski definition) is 5. The molecule has 0 aliphatic carbocycles. The fraction of sp³-hybridized carbons (Fsp3) is 0.333. The summed E-state index contributed by atoms with van der Waals surface area (Å²) in [6.45, 7) is 1.79. The number of carbonyl (C=O) groups is 1. The number of benzene rings is 1. The van der Waals surface area contributed by atoms with Crippen molar-refractivity contribution in [3.05, 3.63) is 58.8 Å². The monoisotopic (exact) mass is 470 g/mol. The van der Waals surface area contributed by atoms with E-state index in [4.69, 9.17) is 0 Å². The Labute approximate surface area is 185 Å². The van der Waals surface area contributed by atoms with Gasteiger partial charge in [-0.1, -0.05) is 13.3 Å². The van der Waals surface area contributed by atoms with Crippen LogP contribution in [0.2, 0.25) is 0 Å². The van der Waals surface area contributed by atoms with Crippen molar-refractivity contribution in [2.24, 2.45) is 0 Å². The number of halogens is 3. The van der Waals surface area contributed by atoms with Gasteiger partial charge < -0.3 is 10.6 Å². The predicted octanol–water partition coefficient (Wildman–Crippen LogP) is 3.74.